The lowest BCUT2D eigenvalue weighted by Crippen LogP contribution is -2.28. The third kappa shape index (κ3) is 49.7. The van der Waals surface area contributed by atoms with Crippen LogP contribution < -0.4 is 0 Å². The molecular weight excluding hydrogens is 765 g/mol. The van der Waals surface area contributed by atoms with Gasteiger partial charge in [0.15, 0.2) is 6.10 Å². The fourth-order valence-electron chi connectivity index (χ4n) is 7.26. The Hall–Kier alpha value is -2.92. The first-order valence-corrected chi connectivity index (χ1v) is 26.1. The van der Waals surface area contributed by atoms with Crippen molar-refractivity contribution in [3.05, 3.63) is 85.1 Å². The van der Waals surface area contributed by atoms with E-state index in [1.54, 1.807) is 0 Å². The van der Waals surface area contributed by atoms with Crippen molar-refractivity contribution in [1.29, 1.82) is 0 Å². The number of esters is 2. The molecule has 0 fully saturated rings. The highest BCUT2D eigenvalue weighted by atomic mass is 16.6. The molecule has 0 aliphatic rings. The molecule has 0 aliphatic heterocycles. The normalized spacial score (nSPS) is 12.9. The first kappa shape index (κ1) is 59.1. The summed E-state index contributed by atoms with van der Waals surface area (Å²) >= 11 is 0. The van der Waals surface area contributed by atoms with Crippen LogP contribution in [0.15, 0.2) is 85.1 Å². The van der Waals surface area contributed by atoms with Gasteiger partial charge in [0.25, 0.3) is 0 Å². The van der Waals surface area contributed by atoms with Crippen LogP contribution in [0.3, 0.4) is 0 Å². The zero-order valence-corrected chi connectivity index (χ0v) is 40.6. The van der Waals surface area contributed by atoms with Gasteiger partial charge in [0.2, 0.25) is 0 Å². The van der Waals surface area contributed by atoms with Crippen molar-refractivity contribution in [2.45, 2.75) is 251 Å². The molecule has 0 spiro atoms. The van der Waals surface area contributed by atoms with E-state index < -0.39 is 6.10 Å². The van der Waals surface area contributed by atoms with Crippen molar-refractivity contribution >= 4 is 11.9 Å². The summed E-state index contributed by atoms with van der Waals surface area (Å²) in [7, 11) is 0. The first-order valence-electron chi connectivity index (χ1n) is 26.1. The molecule has 1 N–H and O–H groups in total. The largest absolute Gasteiger partial charge is 0.462 e. The molecule has 1 unspecified atom stereocenters. The monoisotopic (exact) mass is 863 g/mol. The summed E-state index contributed by atoms with van der Waals surface area (Å²) in [5.41, 5.74) is 0. The standard InChI is InChI=1S/C57H98O5/c1-3-5-7-9-11-13-15-17-19-21-23-25-26-27-28-29-30-32-33-35-37-39-41-43-45-47-49-51-56(59)61-54-55(53-58)62-57(60)52-50-48-46-44-42-40-38-36-34-31-24-22-20-18-16-14-12-10-8-6-4-2/h6,8,12,14-15,17-18,20-21,23-24,26-27,31,55,58H,3-5,7,9-11,13,16,19,22,25,28-30,32-54H2,1-2H3/b8-6-,14-12-,17-15-,20-18-,23-21-,27-26-,31-24-. The lowest BCUT2D eigenvalue weighted by Gasteiger charge is -2.15. The van der Waals surface area contributed by atoms with Crippen molar-refractivity contribution in [3.63, 3.8) is 0 Å². The summed E-state index contributed by atoms with van der Waals surface area (Å²) in [6, 6.07) is 0. The van der Waals surface area contributed by atoms with E-state index in [1.165, 1.54) is 135 Å². The molecule has 356 valence electrons. The van der Waals surface area contributed by atoms with E-state index in [0.717, 1.165) is 83.5 Å². The zero-order chi connectivity index (χ0) is 44.9. The van der Waals surface area contributed by atoms with Crippen LogP contribution in [0.2, 0.25) is 0 Å². The predicted molar refractivity (Wildman–Crippen MR) is 269 cm³/mol. The molecule has 0 heterocycles. The van der Waals surface area contributed by atoms with E-state index in [-0.39, 0.29) is 25.2 Å². The second-order valence-corrected chi connectivity index (χ2v) is 17.2. The number of unbranched alkanes of at least 4 members (excludes halogenated alkanes) is 25. The molecule has 0 rings (SSSR count). The predicted octanol–water partition coefficient (Wildman–Crippen LogP) is 17.4. The Balaban J connectivity index is 3.53. The van der Waals surface area contributed by atoms with Crippen LogP contribution in [0.4, 0.5) is 0 Å². The van der Waals surface area contributed by atoms with E-state index in [9.17, 15) is 14.7 Å². The lowest BCUT2D eigenvalue weighted by atomic mass is 10.0. The number of hydrogen-bond acceptors (Lipinski definition) is 5. The maximum absolute atomic E-state index is 12.3. The molecule has 5 heteroatoms. The molecular formula is C57H98O5. The third-order valence-electron chi connectivity index (χ3n) is 11.2. The smallest absolute Gasteiger partial charge is 0.306 e. The van der Waals surface area contributed by atoms with Crippen molar-refractivity contribution in [3.8, 4) is 0 Å². The number of ether oxygens (including phenoxy) is 2. The Morgan fingerprint density at radius 1 is 0.387 bits per heavy atom. The quantitative estimate of drug-likeness (QED) is 0.0375. The maximum atomic E-state index is 12.3. The van der Waals surface area contributed by atoms with Gasteiger partial charge in [-0.3, -0.25) is 9.59 Å². The van der Waals surface area contributed by atoms with E-state index in [0.29, 0.717) is 12.8 Å². The van der Waals surface area contributed by atoms with Gasteiger partial charge in [-0.2, -0.15) is 0 Å². The lowest BCUT2D eigenvalue weighted by molar-refractivity contribution is -0.161. The van der Waals surface area contributed by atoms with Crippen molar-refractivity contribution in [2.75, 3.05) is 13.2 Å². The van der Waals surface area contributed by atoms with Gasteiger partial charge in [-0.25, -0.2) is 0 Å². The van der Waals surface area contributed by atoms with Crippen LogP contribution in [0.5, 0.6) is 0 Å². The van der Waals surface area contributed by atoms with Crippen molar-refractivity contribution in [2.24, 2.45) is 0 Å². The molecule has 0 amide bonds. The minimum atomic E-state index is -0.782. The van der Waals surface area contributed by atoms with Crippen LogP contribution in [0, 0.1) is 0 Å². The second kappa shape index (κ2) is 52.4. The molecule has 0 aromatic rings. The van der Waals surface area contributed by atoms with Gasteiger partial charge in [0.1, 0.15) is 6.61 Å². The summed E-state index contributed by atoms with van der Waals surface area (Å²) in [5.74, 6) is -0.601. The van der Waals surface area contributed by atoms with Gasteiger partial charge in [-0.1, -0.05) is 227 Å². The fourth-order valence-corrected chi connectivity index (χ4v) is 7.26. The molecule has 0 bridgehead atoms. The highest BCUT2D eigenvalue weighted by molar-refractivity contribution is 5.70. The number of rotatable bonds is 47. The summed E-state index contributed by atoms with van der Waals surface area (Å²) in [5, 5.41) is 9.63. The summed E-state index contributed by atoms with van der Waals surface area (Å²) in [6.45, 7) is 4.02. The van der Waals surface area contributed by atoms with Crippen LogP contribution in [0.1, 0.15) is 245 Å². The fraction of sp³-hybridized carbons (Fsp3) is 0.719. The molecule has 0 aromatic heterocycles. The molecule has 62 heavy (non-hydrogen) atoms. The number of carbonyl (C=O) groups is 2. The Kier molecular flexibility index (Phi) is 50.0. The molecule has 0 aromatic carbocycles. The number of allylic oxidation sites excluding steroid dienone is 14. The Morgan fingerprint density at radius 2 is 0.694 bits per heavy atom. The Bertz CT molecular complexity index is 1160. The molecule has 0 aliphatic carbocycles. The van der Waals surface area contributed by atoms with Gasteiger partial charge in [-0.15, -0.1) is 0 Å². The summed E-state index contributed by atoms with van der Waals surface area (Å²) in [6.07, 6.45) is 72.5. The minimum Gasteiger partial charge on any atom is -0.462 e. The van der Waals surface area contributed by atoms with Crippen molar-refractivity contribution in [1.82, 2.24) is 0 Å². The molecule has 0 saturated heterocycles. The average molecular weight is 863 g/mol. The van der Waals surface area contributed by atoms with Gasteiger partial charge < -0.3 is 14.6 Å². The van der Waals surface area contributed by atoms with E-state index in [2.05, 4.69) is 98.9 Å². The van der Waals surface area contributed by atoms with Gasteiger partial charge in [0, 0.05) is 12.8 Å². The number of aliphatic hydroxyl groups is 1. The minimum absolute atomic E-state index is 0.0734. The van der Waals surface area contributed by atoms with Crippen LogP contribution in [0.25, 0.3) is 0 Å². The van der Waals surface area contributed by atoms with Gasteiger partial charge in [0.05, 0.1) is 6.61 Å². The molecule has 0 radical (unpaired) electrons. The summed E-state index contributed by atoms with van der Waals surface area (Å²) < 4.78 is 10.7. The topological polar surface area (TPSA) is 72.8 Å². The van der Waals surface area contributed by atoms with E-state index in [1.807, 2.05) is 0 Å². The Labute approximate surface area is 384 Å². The second-order valence-electron chi connectivity index (χ2n) is 17.2. The maximum Gasteiger partial charge on any atom is 0.306 e. The number of aliphatic hydroxyl groups excluding tert-OH is 1. The first-order chi connectivity index (χ1) is 30.6. The Morgan fingerprint density at radius 3 is 1.05 bits per heavy atom. The highest BCUT2D eigenvalue weighted by Crippen LogP contribution is 2.15. The molecule has 0 saturated carbocycles. The van der Waals surface area contributed by atoms with E-state index >= 15 is 0 Å². The SMILES string of the molecule is CC/C=C\C/C=C\C/C=C\C/C=C\CCCCCCCCCCC(=O)OC(CO)COC(=O)CCCCCCCCCCCCCC/C=C\C/C=C\C/C=C\CCCCCCC. The third-order valence-corrected chi connectivity index (χ3v) is 11.2. The van der Waals surface area contributed by atoms with E-state index in [4.69, 9.17) is 9.47 Å². The summed E-state index contributed by atoms with van der Waals surface area (Å²) in [4.78, 5) is 24.5. The van der Waals surface area contributed by atoms with Crippen molar-refractivity contribution < 1.29 is 24.2 Å². The van der Waals surface area contributed by atoms with Crippen LogP contribution in [-0.4, -0.2) is 36.4 Å². The molecule has 1 atom stereocenters. The van der Waals surface area contributed by atoms with Gasteiger partial charge in [-0.05, 0) is 89.9 Å². The number of hydrogen-bond donors (Lipinski definition) is 1. The zero-order valence-electron chi connectivity index (χ0n) is 40.6. The highest BCUT2D eigenvalue weighted by Gasteiger charge is 2.16. The van der Waals surface area contributed by atoms with Crippen LogP contribution >= 0.6 is 0 Å². The van der Waals surface area contributed by atoms with Crippen LogP contribution in [-0.2, 0) is 19.1 Å². The number of carbonyl (C=O) groups excluding carboxylic acids is 2. The van der Waals surface area contributed by atoms with Gasteiger partial charge >= 0.3 is 11.9 Å². The average Bonchev–Trinajstić information content (AvgIpc) is 3.28. The molecule has 5 nitrogen and oxygen atoms in total.